The van der Waals surface area contributed by atoms with Gasteiger partial charge >= 0.3 is 0 Å². The van der Waals surface area contributed by atoms with Crippen LogP contribution in [0, 0.1) is 0 Å². The van der Waals surface area contributed by atoms with Crippen LogP contribution in [-0.4, -0.2) is 0 Å². The standard InChI is InChI=1S/C50H30/c1-2-8-31(9-3-1)38-28-39(30-40(29-38)42-24-20-36-18-16-32-10-6-12-34-22-26-45(42)49(36)47(32)34)41-14-4-5-15-43(41)44-25-21-37-19-17-33-11-7-13-35-23-27-46(44)50(37)48(33)35/h1-30H/i1D,2D,3D,4D,5D,6D,7D,8D,9D,10D,11D,12D,13D,14D,15D,16D,17D,18D,19D,20D,21D,22D,23D,24D,25D,26D,27D,28D,29D,30D. The molecule has 0 aromatic heterocycles. The van der Waals surface area contributed by atoms with Crippen LogP contribution in [0.2, 0.25) is 0 Å². The van der Waals surface area contributed by atoms with Crippen LogP contribution in [0.1, 0.15) is 41.1 Å². The van der Waals surface area contributed by atoms with Gasteiger partial charge in [-0.15, -0.1) is 0 Å². The highest BCUT2D eigenvalue weighted by Crippen LogP contribution is 2.45. The van der Waals surface area contributed by atoms with Gasteiger partial charge in [0.2, 0.25) is 0 Å². The molecule has 0 amide bonds. The molecule has 0 N–H and O–H groups in total. The molecule has 0 heterocycles. The molecule has 230 valence electrons. The monoisotopic (exact) mass is 660 g/mol. The van der Waals surface area contributed by atoms with Crippen LogP contribution >= 0.6 is 0 Å². The van der Waals surface area contributed by atoms with Crippen LogP contribution in [0.25, 0.3) is 109 Å². The van der Waals surface area contributed by atoms with E-state index in [1.54, 1.807) is 0 Å². The Morgan fingerprint density at radius 1 is 0.240 bits per heavy atom. The molecule has 11 aromatic rings. The van der Waals surface area contributed by atoms with Crippen molar-refractivity contribution in [2.75, 3.05) is 0 Å². The lowest BCUT2D eigenvalue weighted by Crippen LogP contribution is -1.92. The summed E-state index contributed by atoms with van der Waals surface area (Å²) in [5.41, 5.74) is -7.54. The maximum atomic E-state index is 10.2. The zero-order valence-corrected chi connectivity index (χ0v) is 25.0. The van der Waals surface area contributed by atoms with Crippen LogP contribution in [0.5, 0.6) is 0 Å². The van der Waals surface area contributed by atoms with Crippen molar-refractivity contribution in [2.24, 2.45) is 0 Å². The molecule has 11 rings (SSSR count). The molecular formula is C50H30. The lowest BCUT2D eigenvalue weighted by Gasteiger charge is -2.18. The van der Waals surface area contributed by atoms with Crippen molar-refractivity contribution in [1.82, 2.24) is 0 Å². The molecule has 0 atom stereocenters. The van der Waals surface area contributed by atoms with Crippen molar-refractivity contribution < 1.29 is 41.1 Å². The van der Waals surface area contributed by atoms with Gasteiger partial charge in [-0.1, -0.05) is 163 Å². The Bertz CT molecular complexity index is 4730. The van der Waals surface area contributed by atoms with Crippen molar-refractivity contribution >= 4 is 64.6 Å². The van der Waals surface area contributed by atoms with Crippen molar-refractivity contribution in [2.45, 2.75) is 0 Å². The van der Waals surface area contributed by atoms with E-state index in [1.165, 1.54) is 0 Å². The molecule has 0 bridgehead atoms. The zero-order valence-electron chi connectivity index (χ0n) is 55.0. The number of benzene rings is 11. The zero-order chi connectivity index (χ0) is 58.9. The van der Waals surface area contributed by atoms with E-state index in [2.05, 4.69) is 0 Å². The molecule has 0 saturated carbocycles. The van der Waals surface area contributed by atoms with Gasteiger partial charge in [0.25, 0.3) is 0 Å². The Kier molecular flexibility index (Phi) is 2.37. The van der Waals surface area contributed by atoms with Gasteiger partial charge in [-0.05, 0) is 127 Å². The summed E-state index contributed by atoms with van der Waals surface area (Å²) in [5, 5.41) is -5.92. The van der Waals surface area contributed by atoms with Crippen molar-refractivity contribution in [3.63, 3.8) is 0 Å². The largest absolute Gasteiger partial charge is 0.0636 e. The fraction of sp³-hybridized carbons (Fsp3) is 0. The van der Waals surface area contributed by atoms with Crippen LogP contribution in [0.4, 0.5) is 0 Å². The first-order valence-corrected chi connectivity index (χ1v) is 15.0. The Morgan fingerprint density at radius 3 is 1.26 bits per heavy atom. The van der Waals surface area contributed by atoms with E-state index < -0.39 is 280 Å². The van der Waals surface area contributed by atoms with Gasteiger partial charge in [0.05, 0.1) is 41.1 Å². The molecule has 0 fully saturated rings. The second-order valence-electron chi connectivity index (χ2n) is 11.2. The smallest absolute Gasteiger partial charge is 0.0622 e. The third-order valence-corrected chi connectivity index (χ3v) is 8.56. The molecule has 11 aromatic carbocycles. The average Bonchev–Trinajstić information content (AvgIpc) is 2.48. The Hall–Kier alpha value is -6.50. The maximum absolute atomic E-state index is 10.2. The third-order valence-electron chi connectivity index (χ3n) is 8.56. The second kappa shape index (κ2) is 10.5. The predicted molar refractivity (Wildman–Crippen MR) is 216 cm³/mol. The van der Waals surface area contributed by atoms with Gasteiger partial charge in [0.15, 0.2) is 0 Å². The molecule has 0 saturated heterocycles. The first kappa shape index (κ1) is 11.3. The van der Waals surface area contributed by atoms with Gasteiger partial charge in [0, 0.05) is 0 Å². The Balaban J connectivity index is 1.45. The molecule has 0 aliphatic carbocycles. The molecule has 0 spiro atoms. The molecule has 0 unspecified atom stereocenters. The minimum absolute atomic E-state index is 0.364. The van der Waals surface area contributed by atoms with Crippen LogP contribution in [0.3, 0.4) is 0 Å². The highest BCUT2D eigenvalue weighted by atomic mass is 14.2. The quantitative estimate of drug-likeness (QED) is 0.165. The van der Waals surface area contributed by atoms with Gasteiger partial charge < -0.3 is 0 Å². The van der Waals surface area contributed by atoms with E-state index in [9.17, 15) is 17.8 Å². The lowest BCUT2D eigenvalue weighted by molar-refractivity contribution is 1.57. The van der Waals surface area contributed by atoms with E-state index >= 15 is 0 Å². The molecule has 0 aliphatic rings. The van der Waals surface area contributed by atoms with Crippen LogP contribution in [0.15, 0.2) is 181 Å². The first-order valence-electron chi connectivity index (χ1n) is 30.0. The third kappa shape index (κ3) is 4.00. The van der Waals surface area contributed by atoms with Crippen LogP contribution < -0.4 is 0 Å². The molecule has 0 heteroatoms. The van der Waals surface area contributed by atoms with Crippen molar-refractivity contribution in [3.8, 4) is 44.5 Å². The first-order chi connectivity index (χ1) is 37.3. The van der Waals surface area contributed by atoms with E-state index in [1.807, 2.05) is 0 Å². The predicted octanol–water partition coefficient (Wildman–Crippen LogP) is 14.1. The van der Waals surface area contributed by atoms with Crippen molar-refractivity contribution in [3.05, 3.63) is 181 Å². The van der Waals surface area contributed by atoms with Gasteiger partial charge in [0.1, 0.15) is 0 Å². The minimum Gasteiger partial charge on any atom is -0.0622 e. The summed E-state index contributed by atoms with van der Waals surface area (Å²) in [6.45, 7) is 0. The summed E-state index contributed by atoms with van der Waals surface area (Å²) < 4.78 is 275. The summed E-state index contributed by atoms with van der Waals surface area (Å²) in [4.78, 5) is 0. The lowest BCUT2D eigenvalue weighted by atomic mass is 9.85. The summed E-state index contributed by atoms with van der Waals surface area (Å²) in [6.07, 6.45) is 0. The van der Waals surface area contributed by atoms with Crippen molar-refractivity contribution in [1.29, 1.82) is 0 Å². The summed E-state index contributed by atoms with van der Waals surface area (Å²) in [7, 11) is 0. The molecule has 0 aliphatic heterocycles. The fourth-order valence-corrected chi connectivity index (χ4v) is 6.41. The number of hydrogen-bond acceptors (Lipinski definition) is 0. The van der Waals surface area contributed by atoms with Gasteiger partial charge in [-0.3, -0.25) is 0 Å². The second-order valence-corrected chi connectivity index (χ2v) is 11.2. The highest BCUT2D eigenvalue weighted by molar-refractivity contribution is 6.27. The van der Waals surface area contributed by atoms with Crippen LogP contribution in [-0.2, 0) is 0 Å². The normalized spacial score (nSPS) is 20.4. The average molecular weight is 661 g/mol. The SMILES string of the molecule is [2H]c1c([2H])c([2H])c(-c2c([2H])c(-c3c([2H])c([2H])c([2H])c([2H])c3-c3c([2H])c([2H])c4c([2H])c([2H])c5c([2H])c([2H])c([2H])c6c([2H])c([2H])c3c4c56)c([2H])c(-c3c([2H])c([2H])c4c([2H])c([2H])c5c([2H])c([2H])c([2H])c6c([2H])c([2H])c3c4c56)c2[2H])c([2H])c1[2H]. The van der Waals surface area contributed by atoms with Gasteiger partial charge in [-0.25, -0.2) is 0 Å². The molecule has 0 nitrogen and oxygen atoms in total. The number of rotatable bonds is 4. The topological polar surface area (TPSA) is 0 Å². The van der Waals surface area contributed by atoms with Gasteiger partial charge in [-0.2, -0.15) is 0 Å². The Morgan fingerprint density at radius 2 is 0.660 bits per heavy atom. The van der Waals surface area contributed by atoms with E-state index in [0.717, 1.165) is 0 Å². The minimum atomic E-state index is -1.20. The van der Waals surface area contributed by atoms with E-state index in [0.29, 0.717) is 0 Å². The Labute approximate surface area is 332 Å². The number of hydrogen-bond donors (Lipinski definition) is 0. The van der Waals surface area contributed by atoms with E-state index in [-0.39, 0.29) is 10.8 Å². The van der Waals surface area contributed by atoms with E-state index in [4.69, 9.17) is 23.3 Å². The summed E-state index contributed by atoms with van der Waals surface area (Å²) in [5.74, 6) is 0. The summed E-state index contributed by atoms with van der Waals surface area (Å²) in [6, 6.07) is -28.5. The molecule has 50 heavy (non-hydrogen) atoms. The summed E-state index contributed by atoms with van der Waals surface area (Å²) >= 11 is 0. The maximum Gasteiger partial charge on any atom is 0.0636 e. The fourth-order valence-electron chi connectivity index (χ4n) is 6.41. The molecule has 0 radical (unpaired) electrons. The molecular weight excluding hydrogens is 601 g/mol. The highest BCUT2D eigenvalue weighted by Gasteiger charge is 2.18.